The third-order valence-electron chi connectivity index (χ3n) is 6.55. The molecule has 5 heterocycles. The second-order valence-corrected chi connectivity index (χ2v) is 8.62. The lowest BCUT2D eigenvalue weighted by Gasteiger charge is -2.29. The van der Waals surface area contributed by atoms with Crippen LogP contribution in [0.5, 0.6) is 0 Å². The van der Waals surface area contributed by atoms with Crippen LogP contribution < -0.4 is 11.1 Å². The molecule has 0 saturated carbocycles. The topological polar surface area (TPSA) is 112 Å². The Hall–Kier alpha value is -3.73. The molecule has 0 radical (unpaired) electrons. The quantitative estimate of drug-likeness (QED) is 0.493. The van der Waals surface area contributed by atoms with E-state index in [9.17, 15) is 8.78 Å². The first-order valence-electron chi connectivity index (χ1n) is 10.9. The smallest absolute Gasteiger partial charge is 0.190 e. The summed E-state index contributed by atoms with van der Waals surface area (Å²) in [6.07, 6.45) is 10.1. The molecule has 11 heteroatoms. The highest BCUT2D eigenvalue weighted by Crippen LogP contribution is 2.35. The minimum atomic E-state index is -1.05. The van der Waals surface area contributed by atoms with Gasteiger partial charge in [0.15, 0.2) is 17.5 Å². The van der Waals surface area contributed by atoms with Gasteiger partial charge in [0.1, 0.15) is 11.5 Å². The van der Waals surface area contributed by atoms with Crippen molar-refractivity contribution in [3.05, 3.63) is 54.5 Å². The lowest BCUT2D eigenvalue weighted by Crippen LogP contribution is -2.38. The number of nitrogen functional groups attached to an aromatic ring is 1. The molecule has 0 amide bonds. The van der Waals surface area contributed by atoms with Gasteiger partial charge in [-0.05, 0) is 54.3 Å². The second-order valence-electron chi connectivity index (χ2n) is 8.62. The van der Waals surface area contributed by atoms with Crippen LogP contribution in [0.25, 0.3) is 28.2 Å². The number of aromatic nitrogens is 7. The number of benzene rings is 1. The van der Waals surface area contributed by atoms with Crippen LogP contribution in [0.3, 0.4) is 0 Å². The normalized spacial score (nSPS) is 22.1. The van der Waals surface area contributed by atoms with E-state index in [0.717, 1.165) is 34.7 Å². The predicted molar refractivity (Wildman–Crippen MR) is 116 cm³/mol. The van der Waals surface area contributed by atoms with Crippen molar-refractivity contribution in [2.24, 2.45) is 0 Å². The number of anilines is 1. The Morgan fingerprint density at radius 2 is 1.88 bits per heavy atom. The Bertz CT molecular complexity index is 1320. The Morgan fingerprint density at radius 3 is 2.70 bits per heavy atom. The van der Waals surface area contributed by atoms with E-state index in [1.54, 1.807) is 18.5 Å². The lowest BCUT2D eigenvalue weighted by atomic mass is 10.00. The molecule has 2 aliphatic heterocycles. The zero-order chi connectivity index (χ0) is 22.5. The van der Waals surface area contributed by atoms with Crippen molar-refractivity contribution in [2.75, 3.05) is 5.73 Å². The van der Waals surface area contributed by atoms with Gasteiger partial charge in [-0.1, -0.05) is 6.07 Å². The maximum absolute atomic E-state index is 14.4. The molecule has 0 aliphatic carbocycles. The highest BCUT2D eigenvalue weighted by molar-refractivity contribution is 5.76. The molecule has 2 fully saturated rings. The average Bonchev–Trinajstić information content (AvgIpc) is 3.56. The van der Waals surface area contributed by atoms with E-state index in [0.29, 0.717) is 23.7 Å². The van der Waals surface area contributed by atoms with Gasteiger partial charge in [-0.3, -0.25) is 4.68 Å². The fourth-order valence-corrected chi connectivity index (χ4v) is 4.92. The monoisotopic (exact) mass is 449 g/mol. The maximum Gasteiger partial charge on any atom is 0.190 e. The van der Waals surface area contributed by atoms with E-state index >= 15 is 0 Å². The molecule has 33 heavy (non-hydrogen) atoms. The predicted octanol–water partition coefficient (Wildman–Crippen LogP) is 2.90. The van der Waals surface area contributed by atoms with Crippen LogP contribution in [-0.2, 0) is 0 Å². The van der Waals surface area contributed by atoms with Gasteiger partial charge in [0.05, 0.1) is 17.8 Å². The molecule has 0 spiro atoms. The number of tetrazole rings is 1. The van der Waals surface area contributed by atoms with Crippen molar-refractivity contribution in [3.8, 4) is 28.2 Å². The number of piperidine rings is 1. The summed E-state index contributed by atoms with van der Waals surface area (Å²) in [5.41, 5.74) is 8.07. The highest BCUT2D eigenvalue weighted by Gasteiger charge is 2.34. The van der Waals surface area contributed by atoms with E-state index < -0.39 is 11.6 Å². The Morgan fingerprint density at radius 1 is 1.06 bits per heavy atom. The zero-order valence-corrected chi connectivity index (χ0v) is 17.6. The SMILES string of the molecule is Nc1ncc(-c2cnn(C3C[C@H]4CC[C@@H](C3)N4)c2)cc1-c1nnnn1-c1cccc(F)c1F. The number of pyridine rings is 1. The second kappa shape index (κ2) is 7.69. The van der Waals surface area contributed by atoms with Crippen molar-refractivity contribution in [3.63, 3.8) is 0 Å². The summed E-state index contributed by atoms with van der Waals surface area (Å²) in [7, 11) is 0. The molecule has 1 unspecified atom stereocenters. The number of rotatable bonds is 4. The van der Waals surface area contributed by atoms with E-state index in [4.69, 9.17) is 5.73 Å². The third-order valence-corrected chi connectivity index (χ3v) is 6.55. The molecule has 1 aromatic carbocycles. The van der Waals surface area contributed by atoms with Gasteiger partial charge in [-0.2, -0.15) is 9.78 Å². The summed E-state index contributed by atoms with van der Waals surface area (Å²) in [5.74, 6) is -1.71. The van der Waals surface area contributed by atoms with E-state index in [1.807, 2.05) is 10.9 Å². The van der Waals surface area contributed by atoms with Crippen molar-refractivity contribution in [1.29, 1.82) is 0 Å². The molecule has 2 bridgehead atoms. The first-order valence-corrected chi connectivity index (χ1v) is 10.9. The number of nitrogens with one attached hydrogen (secondary N) is 1. The minimum absolute atomic E-state index is 0.117. The molecular formula is C22H21F2N9. The fraction of sp³-hybridized carbons (Fsp3) is 0.318. The van der Waals surface area contributed by atoms with Crippen LogP contribution in [0.1, 0.15) is 31.7 Å². The Kier molecular flexibility index (Phi) is 4.64. The molecule has 3 atom stereocenters. The summed E-state index contributed by atoms with van der Waals surface area (Å²) in [5, 5.41) is 19.7. The Labute approximate surface area is 187 Å². The van der Waals surface area contributed by atoms with Crippen LogP contribution in [0.4, 0.5) is 14.6 Å². The largest absolute Gasteiger partial charge is 0.383 e. The van der Waals surface area contributed by atoms with Crippen LogP contribution >= 0.6 is 0 Å². The van der Waals surface area contributed by atoms with Crippen LogP contribution in [-0.4, -0.2) is 47.1 Å². The van der Waals surface area contributed by atoms with Crippen molar-refractivity contribution in [1.82, 2.24) is 40.3 Å². The molecule has 2 saturated heterocycles. The van der Waals surface area contributed by atoms with Crippen LogP contribution in [0.2, 0.25) is 0 Å². The van der Waals surface area contributed by atoms with Gasteiger partial charge >= 0.3 is 0 Å². The number of nitrogens with two attached hydrogens (primary N) is 1. The summed E-state index contributed by atoms with van der Waals surface area (Å²) >= 11 is 0. The fourth-order valence-electron chi connectivity index (χ4n) is 4.92. The molecule has 3 aromatic heterocycles. The van der Waals surface area contributed by atoms with E-state index in [2.05, 4.69) is 30.9 Å². The van der Waals surface area contributed by atoms with Crippen LogP contribution in [0.15, 0.2) is 42.9 Å². The zero-order valence-electron chi connectivity index (χ0n) is 17.6. The molecule has 6 rings (SSSR count). The third kappa shape index (κ3) is 3.44. The number of halogens is 2. The van der Waals surface area contributed by atoms with Gasteiger partial charge < -0.3 is 11.1 Å². The van der Waals surface area contributed by atoms with Crippen molar-refractivity contribution < 1.29 is 8.78 Å². The first kappa shape index (κ1) is 19.9. The molecular weight excluding hydrogens is 428 g/mol. The number of nitrogens with zero attached hydrogens (tertiary/aromatic N) is 7. The van der Waals surface area contributed by atoms with E-state index in [-0.39, 0.29) is 17.3 Å². The standard InChI is InChI=1S/C22H21F2N9/c23-18-2-1-3-19(20(18)24)33-22(29-30-31-33)17-6-12(9-26-21(17)25)13-10-27-32(11-13)16-7-14-4-5-15(8-16)28-14/h1-3,6,9-11,14-16,28H,4-5,7-8H2,(H2,25,26)/t14-,15+,16?. The van der Waals surface area contributed by atoms with Gasteiger partial charge in [0.25, 0.3) is 0 Å². The number of hydrogen-bond acceptors (Lipinski definition) is 7. The maximum atomic E-state index is 14.4. The minimum Gasteiger partial charge on any atom is -0.383 e. The van der Waals surface area contributed by atoms with Gasteiger partial charge in [-0.25, -0.2) is 13.8 Å². The summed E-state index contributed by atoms with van der Waals surface area (Å²) in [4.78, 5) is 4.30. The molecule has 4 aromatic rings. The van der Waals surface area contributed by atoms with E-state index in [1.165, 1.54) is 25.0 Å². The van der Waals surface area contributed by atoms with Gasteiger partial charge in [-0.15, -0.1) is 5.10 Å². The van der Waals surface area contributed by atoms with Crippen LogP contribution in [0, 0.1) is 11.6 Å². The van der Waals surface area contributed by atoms with Crippen molar-refractivity contribution in [2.45, 2.75) is 43.8 Å². The summed E-state index contributed by atoms with van der Waals surface area (Å²) in [6.45, 7) is 0. The average molecular weight is 449 g/mol. The molecule has 168 valence electrons. The first-order chi connectivity index (χ1) is 16.1. The summed E-state index contributed by atoms with van der Waals surface area (Å²) < 4.78 is 31.3. The van der Waals surface area contributed by atoms with Gasteiger partial charge in [0.2, 0.25) is 0 Å². The van der Waals surface area contributed by atoms with Crippen molar-refractivity contribution >= 4 is 5.82 Å². The number of fused-ring (bicyclic) bond motifs is 2. The number of hydrogen-bond donors (Lipinski definition) is 2. The molecule has 2 aliphatic rings. The molecule has 3 N–H and O–H groups in total. The highest BCUT2D eigenvalue weighted by atomic mass is 19.2. The lowest BCUT2D eigenvalue weighted by molar-refractivity contribution is 0.281. The summed E-state index contributed by atoms with van der Waals surface area (Å²) in [6, 6.07) is 7.09. The Balaban J connectivity index is 1.35. The van der Waals surface area contributed by atoms with Gasteiger partial charge in [0, 0.05) is 35.6 Å². The molecule has 9 nitrogen and oxygen atoms in total.